The zero-order valence-electron chi connectivity index (χ0n) is 10.3. The molecule has 0 saturated carbocycles. The van der Waals surface area contributed by atoms with E-state index in [-0.39, 0.29) is 18.1 Å². The Kier molecular flexibility index (Phi) is 3.85. The van der Waals surface area contributed by atoms with Crippen LogP contribution in [-0.4, -0.2) is 7.11 Å². The minimum Gasteiger partial charge on any atom is -0.494 e. The number of rotatable bonds is 4. The van der Waals surface area contributed by atoms with Crippen LogP contribution in [-0.2, 0) is 6.61 Å². The highest BCUT2D eigenvalue weighted by Gasteiger charge is 2.10. The maximum atomic E-state index is 13.8. The van der Waals surface area contributed by atoms with Gasteiger partial charge in [-0.25, -0.2) is 8.78 Å². The number of hydrogen-bond donors (Lipinski definition) is 1. The number of ether oxygens (including phenoxy) is 2. The monoisotopic (exact) mass is 265 g/mol. The van der Waals surface area contributed by atoms with Gasteiger partial charge in [0.15, 0.2) is 11.6 Å². The SMILES string of the molecule is COc1cccc(COc2cc(F)ccc2N)c1F. The van der Waals surface area contributed by atoms with Crippen LogP contribution in [0.1, 0.15) is 5.56 Å². The standard InChI is InChI=1S/C14H13F2NO2/c1-18-12-4-2-3-9(14(12)16)8-19-13-7-10(15)5-6-11(13)17/h2-7H,8,17H2,1H3. The van der Waals surface area contributed by atoms with Crippen LogP contribution in [0.25, 0.3) is 0 Å². The summed E-state index contributed by atoms with van der Waals surface area (Å²) in [4.78, 5) is 0. The van der Waals surface area contributed by atoms with Crippen LogP contribution < -0.4 is 15.2 Å². The largest absolute Gasteiger partial charge is 0.494 e. The second-order valence-corrected chi connectivity index (χ2v) is 3.90. The summed E-state index contributed by atoms with van der Waals surface area (Å²) in [5.41, 5.74) is 6.24. The van der Waals surface area contributed by atoms with Crippen molar-refractivity contribution in [2.24, 2.45) is 0 Å². The maximum Gasteiger partial charge on any atom is 0.171 e. The number of benzene rings is 2. The minimum atomic E-state index is -0.500. The molecule has 0 aliphatic heterocycles. The highest BCUT2D eigenvalue weighted by molar-refractivity contribution is 5.52. The van der Waals surface area contributed by atoms with Crippen LogP contribution in [0.2, 0.25) is 0 Å². The van der Waals surface area contributed by atoms with Crippen LogP contribution in [0, 0.1) is 11.6 Å². The Morgan fingerprint density at radius 1 is 1.11 bits per heavy atom. The lowest BCUT2D eigenvalue weighted by Crippen LogP contribution is -2.02. The molecule has 100 valence electrons. The van der Waals surface area contributed by atoms with E-state index in [0.717, 1.165) is 6.07 Å². The van der Waals surface area contributed by atoms with E-state index in [1.165, 1.54) is 25.3 Å². The molecule has 0 saturated heterocycles. The highest BCUT2D eigenvalue weighted by Crippen LogP contribution is 2.25. The van der Waals surface area contributed by atoms with Gasteiger partial charge in [-0.2, -0.15) is 0 Å². The van der Waals surface area contributed by atoms with Gasteiger partial charge in [-0.05, 0) is 18.2 Å². The van der Waals surface area contributed by atoms with Crippen LogP contribution in [0.4, 0.5) is 14.5 Å². The molecule has 0 atom stereocenters. The lowest BCUT2D eigenvalue weighted by Gasteiger charge is -2.11. The smallest absolute Gasteiger partial charge is 0.171 e. The molecule has 2 N–H and O–H groups in total. The molecule has 0 amide bonds. The molecule has 19 heavy (non-hydrogen) atoms. The summed E-state index contributed by atoms with van der Waals surface area (Å²) >= 11 is 0. The molecule has 5 heteroatoms. The fourth-order valence-electron chi connectivity index (χ4n) is 1.61. The van der Waals surface area contributed by atoms with E-state index in [4.69, 9.17) is 15.2 Å². The van der Waals surface area contributed by atoms with Gasteiger partial charge < -0.3 is 15.2 Å². The summed E-state index contributed by atoms with van der Waals surface area (Å²) in [6, 6.07) is 8.51. The predicted molar refractivity (Wildman–Crippen MR) is 68.1 cm³/mol. The molecule has 2 aromatic carbocycles. The van der Waals surface area contributed by atoms with Crippen molar-refractivity contribution in [2.45, 2.75) is 6.61 Å². The van der Waals surface area contributed by atoms with E-state index in [0.29, 0.717) is 11.3 Å². The molecule has 0 fully saturated rings. The first kappa shape index (κ1) is 13.1. The Morgan fingerprint density at radius 2 is 1.89 bits per heavy atom. The van der Waals surface area contributed by atoms with Gasteiger partial charge in [-0.3, -0.25) is 0 Å². The molecule has 0 unspecified atom stereocenters. The Balaban J connectivity index is 2.17. The van der Waals surface area contributed by atoms with Crippen LogP contribution in [0.15, 0.2) is 36.4 Å². The van der Waals surface area contributed by atoms with E-state index in [2.05, 4.69) is 0 Å². The first-order valence-corrected chi connectivity index (χ1v) is 5.61. The molecule has 0 radical (unpaired) electrons. The molecule has 0 spiro atoms. The maximum absolute atomic E-state index is 13.8. The first-order chi connectivity index (χ1) is 9.11. The second-order valence-electron chi connectivity index (χ2n) is 3.90. The quantitative estimate of drug-likeness (QED) is 0.864. The molecule has 0 heterocycles. The van der Waals surface area contributed by atoms with Gasteiger partial charge in [0.1, 0.15) is 18.2 Å². The predicted octanol–water partition coefficient (Wildman–Crippen LogP) is 3.13. The molecule has 0 aliphatic carbocycles. The lowest BCUT2D eigenvalue weighted by molar-refractivity contribution is 0.296. The lowest BCUT2D eigenvalue weighted by atomic mass is 10.2. The molecule has 3 nitrogen and oxygen atoms in total. The third kappa shape index (κ3) is 2.93. The van der Waals surface area contributed by atoms with Crippen molar-refractivity contribution in [3.05, 3.63) is 53.6 Å². The summed E-state index contributed by atoms with van der Waals surface area (Å²) in [5, 5.41) is 0. The summed E-state index contributed by atoms with van der Waals surface area (Å²) in [6.45, 7) is -0.0588. The normalized spacial score (nSPS) is 10.3. The van der Waals surface area contributed by atoms with Gasteiger partial charge in [-0.15, -0.1) is 0 Å². The Morgan fingerprint density at radius 3 is 2.63 bits per heavy atom. The van der Waals surface area contributed by atoms with Crippen molar-refractivity contribution in [2.75, 3.05) is 12.8 Å². The Bertz CT molecular complexity index is 588. The number of anilines is 1. The van der Waals surface area contributed by atoms with Gasteiger partial charge >= 0.3 is 0 Å². The van der Waals surface area contributed by atoms with Gasteiger partial charge in [-0.1, -0.05) is 12.1 Å². The fourth-order valence-corrected chi connectivity index (χ4v) is 1.61. The van der Waals surface area contributed by atoms with E-state index in [1.807, 2.05) is 0 Å². The Hall–Kier alpha value is -2.30. The van der Waals surface area contributed by atoms with Gasteiger partial charge in [0.25, 0.3) is 0 Å². The van der Waals surface area contributed by atoms with E-state index < -0.39 is 11.6 Å². The van der Waals surface area contributed by atoms with Crippen molar-refractivity contribution in [3.63, 3.8) is 0 Å². The van der Waals surface area contributed by atoms with Crippen molar-refractivity contribution >= 4 is 5.69 Å². The molecule has 0 aliphatic rings. The van der Waals surface area contributed by atoms with E-state index in [1.54, 1.807) is 12.1 Å². The number of nitrogen functional groups attached to an aromatic ring is 1. The zero-order chi connectivity index (χ0) is 13.8. The average molecular weight is 265 g/mol. The Labute approximate surface area is 109 Å². The van der Waals surface area contributed by atoms with Crippen molar-refractivity contribution in [1.82, 2.24) is 0 Å². The zero-order valence-corrected chi connectivity index (χ0v) is 10.3. The molecular weight excluding hydrogens is 252 g/mol. The van der Waals surface area contributed by atoms with Gasteiger partial charge in [0, 0.05) is 11.6 Å². The van der Waals surface area contributed by atoms with Gasteiger partial charge in [0.2, 0.25) is 0 Å². The second kappa shape index (κ2) is 5.56. The van der Waals surface area contributed by atoms with Gasteiger partial charge in [0.05, 0.1) is 12.8 Å². The third-order valence-electron chi connectivity index (χ3n) is 2.62. The first-order valence-electron chi connectivity index (χ1n) is 5.61. The van der Waals surface area contributed by atoms with Crippen molar-refractivity contribution in [1.29, 1.82) is 0 Å². The number of halogens is 2. The van der Waals surface area contributed by atoms with Crippen LogP contribution in [0.3, 0.4) is 0 Å². The van der Waals surface area contributed by atoms with Crippen molar-refractivity contribution in [3.8, 4) is 11.5 Å². The molecule has 2 aromatic rings. The third-order valence-corrected chi connectivity index (χ3v) is 2.62. The van der Waals surface area contributed by atoms with Crippen molar-refractivity contribution < 1.29 is 18.3 Å². The number of hydrogen-bond acceptors (Lipinski definition) is 3. The number of methoxy groups -OCH3 is 1. The molecule has 0 bridgehead atoms. The topological polar surface area (TPSA) is 44.5 Å². The van der Waals surface area contributed by atoms with Crippen LogP contribution in [0.5, 0.6) is 11.5 Å². The molecular formula is C14H13F2NO2. The summed E-state index contributed by atoms with van der Waals surface area (Å²) in [5.74, 6) is -0.647. The summed E-state index contributed by atoms with van der Waals surface area (Å²) in [7, 11) is 1.38. The number of nitrogens with two attached hydrogens (primary N) is 1. The molecule has 2 rings (SSSR count). The van der Waals surface area contributed by atoms with Crippen LogP contribution >= 0.6 is 0 Å². The van der Waals surface area contributed by atoms with E-state index >= 15 is 0 Å². The minimum absolute atomic E-state index is 0.0588. The average Bonchev–Trinajstić information content (AvgIpc) is 2.41. The summed E-state index contributed by atoms with van der Waals surface area (Å²) in [6.07, 6.45) is 0. The highest BCUT2D eigenvalue weighted by atomic mass is 19.1. The summed E-state index contributed by atoms with van der Waals surface area (Å²) < 4.78 is 37.1. The molecule has 0 aromatic heterocycles. The fraction of sp³-hybridized carbons (Fsp3) is 0.143. The van der Waals surface area contributed by atoms with E-state index in [9.17, 15) is 8.78 Å².